The fourth-order valence-electron chi connectivity index (χ4n) is 1.73. The Kier molecular flexibility index (Phi) is 4.23. The Morgan fingerprint density at radius 3 is 2.56 bits per heavy atom. The number of phenolic OH excluding ortho intramolecular Hbond substituents is 1. The monoisotopic (exact) mass is 243 g/mol. The molecule has 1 aromatic heterocycles. The summed E-state index contributed by atoms with van der Waals surface area (Å²) < 4.78 is 0. The van der Waals surface area contributed by atoms with Gasteiger partial charge >= 0.3 is 0 Å². The van der Waals surface area contributed by atoms with Gasteiger partial charge in [0.15, 0.2) is 5.82 Å². The van der Waals surface area contributed by atoms with Crippen molar-refractivity contribution in [2.24, 2.45) is 0 Å². The van der Waals surface area contributed by atoms with E-state index in [4.69, 9.17) is 0 Å². The maximum Gasteiger partial charge on any atom is 0.162 e. The zero-order chi connectivity index (χ0) is 12.8. The second kappa shape index (κ2) is 6.10. The van der Waals surface area contributed by atoms with Crippen LogP contribution < -0.4 is 0 Å². The molecule has 0 bridgehead atoms. The molecule has 0 saturated heterocycles. The van der Waals surface area contributed by atoms with Gasteiger partial charge in [0.25, 0.3) is 0 Å². The normalized spacial score (nSPS) is 10.5. The molecule has 2 rings (SSSR count). The molecule has 94 valence electrons. The number of phenols is 1. The molecule has 0 radical (unpaired) electrons. The van der Waals surface area contributed by atoms with E-state index in [1.807, 2.05) is 0 Å². The minimum absolute atomic E-state index is 0.246. The van der Waals surface area contributed by atoms with Gasteiger partial charge in [0.1, 0.15) is 17.9 Å². The third kappa shape index (κ3) is 3.26. The summed E-state index contributed by atoms with van der Waals surface area (Å²) in [5.74, 6) is 1.74. The molecule has 1 N–H and O–H groups in total. The molecule has 0 saturated carbocycles. The van der Waals surface area contributed by atoms with E-state index in [1.54, 1.807) is 30.6 Å². The molecule has 4 nitrogen and oxygen atoms in total. The summed E-state index contributed by atoms with van der Waals surface area (Å²) in [6.45, 7) is 2.18. The Balaban J connectivity index is 2.13. The summed E-state index contributed by atoms with van der Waals surface area (Å²) >= 11 is 0. The first-order valence-corrected chi connectivity index (χ1v) is 6.27. The van der Waals surface area contributed by atoms with Crippen LogP contribution in [0.15, 0.2) is 30.6 Å². The Bertz CT molecular complexity index is 497. The van der Waals surface area contributed by atoms with Crippen molar-refractivity contribution in [3.8, 4) is 17.1 Å². The van der Waals surface area contributed by atoms with Crippen molar-refractivity contribution in [1.82, 2.24) is 15.0 Å². The lowest BCUT2D eigenvalue weighted by molar-refractivity contribution is 0.475. The number of benzene rings is 1. The van der Waals surface area contributed by atoms with Crippen LogP contribution in [0.3, 0.4) is 0 Å². The van der Waals surface area contributed by atoms with Crippen LogP contribution in [0.5, 0.6) is 5.75 Å². The number of rotatable bonds is 5. The van der Waals surface area contributed by atoms with Crippen LogP contribution in [-0.4, -0.2) is 20.1 Å². The van der Waals surface area contributed by atoms with E-state index in [-0.39, 0.29) is 5.75 Å². The lowest BCUT2D eigenvalue weighted by Gasteiger charge is -2.03. The van der Waals surface area contributed by atoms with Gasteiger partial charge in [-0.1, -0.05) is 19.8 Å². The van der Waals surface area contributed by atoms with E-state index in [2.05, 4.69) is 21.9 Å². The lowest BCUT2D eigenvalue weighted by Crippen LogP contribution is -1.99. The SMILES string of the molecule is CCCCCc1ncnc(-c2ccc(O)cc2)n1. The van der Waals surface area contributed by atoms with Crippen molar-refractivity contribution in [3.05, 3.63) is 36.4 Å². The highest BCUT2D eigenvalue weighted by Gasteiger charge is 2.03. The number of nitrogens with zero attached hydrogens (tertiary/aromatic N) is 3. The smallest absolute Gasteiger partial charge is 0.162 e. The molecular weight excluding hydrogens is 226 g/mol. The molecule has 0 unspecified atom stereocenters. The predicted molar refractivity (Wildman–Crippen MR) is 70.2 cm³/mol. The van der Waals surface area contributed by atoms with Gasteiger partial charge in [-0.15, -0.1) is 0 Å². The number of unbranched alkanes of at least 4 members (excludes halogenated alkanes) is 2. The summed E-state index contributed by atoms with van der Waals surface area (Å²) in [5, 5.41) is 9.25. The Morgan fingerprint density at radius 2 is 1.83 bits per heavy atom. The van der Waals surface area contributed by atoms with Crippen LogP contribution in [-0.2, 0) is 6.42 Å². The van der Waals surface area contributed by atoms with Gasteiger partial charge in [0.05, 0.1) is 0 Å². The van der Waals surface area contributed by atoms with Gasteiger partial charge in [0, 0.05) is 12.0 Å². The van der Waals surface area contributed by atoms with Crippen molar-refractivity contribution in [3.63, 3.8) is 0 Å². The minimum atomic E-state index is 0.246. The molecule has 2 aromatic rings. The molecular formula is C14H17N3O. The Labute approximate surface area is 107 Å². The van der Waals surface area contributed by atoms with Crippen molar-refractivity contribution in [2.45, 2.75) is 32.6 Å². The highest BCUT2D eigenvalue weighted by molar-refractivity contribution is 5.55. The fourth-order valence-corrected chi connectivity index (χ4v) is 1.73. The van der Waals surface area contributed by atoms with E-state index >= 15 is 0 Å². The van der Waals surface area contributed by atoms with E-state index < -0.39 is 0 Å². The van der Waals surface area contributed by atoms with Crippen LogP contribution in [0.4, 0.5) is 0 Å². The van der Waals surface area contributed by atoms with Gasteiger partial charge in [-0.2, -0.15) is 0 Å². The fraction of sp³-hybridized carbons (Fsp3) is 0.357. The third-order valence-electron chi connectivity index (χ3n) is 2.75. The average molecular weight is 243 g/mol. The largest absolute Gasteiger partial charge is 0.508 e. The molecule has 0 aliphatic rings. The number of hydrogen-bond acceptors (Lipinski definition) is 4. The molecule has 4 heteroatoms. The van der Waals surface area contributed by atoms with Gasteiger partial charge in [-0.25, -0.2) is 15.0 Å². The van der Waals surface area contributed by atoms with Gasteiger partial charge in [-0.3, -0.25) is 0 Å². The van der Waals surface area contributed by atoms with Gasteiger partial charge < -0.3 is 5.11 Å². The molecule has 0 fully saturated rings. The average Bonchev–Trinajstić information content (AvgIpc) is 2.40. The van der Waals surface area contributed by atoms with Gasteiger partial charge in [0.2, 0.25) is 0 Å². The van der Waals surface area contributed by atoms with Crippen molar-refractivity contribution in [1.29, 1.82) is 0 Å². The summed E-state index contributed by atoms with van der Waals surface area (Å²) in [5.41, 5.74) is 0.895. The van der Waals surface area contributed by atoms with Crippen LogP contribution in [0.2, 0.25) is 0 Å². The van der Waals surface area contributed by atoms with Crippen LogP contribution in [0.1, 0.15) is 32.0 Å². The van der Waals surface area contributed by atoms with Crippen LogP contribution in [0, 0.1) is 0 Å². The molecule has 1 aromatic carbocycles. The van der Waals surface area contributed by atoms with Crippen LogP contribution in [0.25, 0.3) is 11.4 Å². The number of hydrogen-bond donors (Lipinski definition) is 1. The summed E-state index contributed by atoms with van der Waals surface area (Å²) in [7, 11) is 0. The summed E-state index contributed by atoms with van der Waals surface area (Å²) in [6, 6.07) is 6.88. The minimum Gasteiger partial charge on any atom is -0.508 e. The number of aromatic nitrogens is 3. The molecule has 0 spiro atoms. The number of aromatic hydroxyl groups is 1. The maximum absolute atomic E-state index is 9.25. The topological polar surface area (TPSA) is 58.9 Å². The molecule has 1 heterocycles. The van der Waals surface area contributed by atoms with E-state index in [9.17, 15) is 5.11 Å². The predicted octanol–water partition coefficient (Wildman–Crippen LogP) is 2.98. The van der Waals surface area contributed by atoms with Gasteiger partial charge in [-0.05, 0) is 30.7 Å². The van der Waals surface area contributed by atoms with Crippen molar-refractivity contribution in [2.75, 3.05) is 0 Å². The van der Waals surface area contributed by atoms with Crippen LogP contribution >= 0.6 is 0 Å². The van der Waals surface area contributed by atoms with Crippen molar-refractivity contribution >= 4 is 0 Å². The molecule has 0 amide bonds. The second-order valence-electron chi connectivity index (χ2n) is 4.23. The molecule has 0 atom stereocenters. The zero-order valence-corrected chi connectivity index (χ0v) is 10.5. The van der Waals surface area contributed by atoms with E-state index in [0.29, 0.717) is 5.82 Å². The lowest BCUT2D eigenvalue weighted by atomic mass is 10.2. The Hall–Kier alpha value is -1.97. The van der Waals surface area contributed by atoms with E-state index in [1.165, 1.54) is 12.8 Å². The van der Waals surface area contributed by atoms with Crippen molar-refractivity contribution < 1.29 is 5.11 Å². The maximum atomic E-state index is 9.25. The quantitative estimate of drug-likeness (QED) is 0.820. The highest BCUT2D eigenvalue weighted by atomic mass is 16.3. The number of aryl methyl sites for hydroxylation is 1. The summed E-state index contributed by atoms with van der Waals surface area (Å²) in [6.07, 6.45) is 5.93. The second-order valence-corrected chi connectivity index (χ2v) is 4.23. The standard InChI is InChI=1S/C14H17N3O/c1-2-3-4-5-13-15-10-16-14(17-13)11-6-8-12(18)9-7-11/h6-10,18H,2-5H2,1H3. The highest BCUT2D eigenvalue weighted by Crippen LogP contribution is 2.18. The van der Waals surface area contributed by atoms with E-state index in [0.717, 1.165) is 24.2 Å². The molecule has 0 aliphatic heterocycles. The first-order valence-electron chi connectivity index (χ1n) is 6.27. The molecule has 18 heavy (non-hydrogen) atoms. The Morgan fingerprint density at radius 1 is 1.06 bits per heavy atom. The third-order valence-corrected chi connectivity index (χ3v) is 2.75. The molecule has 0 aliphatic carbocycles. The zero-order valence-electron chi connectivity index (χ0n) is 10.5. The summed E-state index contributed by atoms with van der Waals surface area (Å²) in [4.78, 5) is 12.8. The first kappa shape index (κ1) is 12.5. The first-order chi connectivity index (χ1) is 8.79.